The first-order valence-corrected chi connectivity index (χ1v) is 11.1. The molecule has 26 heavy (non-hydrogen) atoms. The van der Waals surface area contributed by atoms with Crippen LogP contribution in [0.15, 0.2) is 4.99 Å². The molecule has 2 aliphatic carbocycles. The van der Waals surface area contributed by atoms with E-state index in [0.717, 1.165) is 19.1 Å². The van der Waals surface area contributed by atoms with Crippen LogP contribution in [0.5, 0.6) is 0 Å². The molecular weight excluding hydrogens is 324 g/mol. The smallest absolute Gasteiger partial charge is 0.191 e. The summed E-state index contributed by atoms with van der Waals surface area (Å²) in [7, 11) is 0. The van der Waals surface area contributed by atoms with E-state index >= 15 is 0 Å². The zero-order valence-corrected chi connectivity index (χ0v) is 17.0. The molecule has 1 spiro atoms. The molecule has 3 unspecified atom stereocenters. The van der Waals surface area contributed by atoms with Gasteiger partial charge in [-0.2, -0.15) is 0 Å². The monoisotopic (exact) mass is 362 g/mol. The van der Waals surface area contributed by atoms with E-state index in [9.17, 15) is 0 Å². The molecule has 2 aliphatic heterocycles. The molecule has 2 saturated carbocycles. The minimum absolute atomic E-state index is 0.387. The molecule has 0 amide bonds. The highest BCUT2D eigenvalue weighted by Gasteiger charge is 2.65. The molecule has 0 aromatic rings. The fourth-order valence-electron chi connectivity index (χ4n) is 6.10. The molecule has 5 heteroatoms. The van der Waals surface area contributed by atoms with Crippen molar-refractivity contribution >= 4 is 5.96 Å². The molecule has 2 saturated heterocycles. The number of fused-ring (bicyclic) bond motifs is 2. The van der Waals surface area contributed by atoms with Gasteiger partial charge in [-0.05, 0) is 52.9 Å². The standard InChI is InChI=1S/C21H38N4O/c1-4-22-20(23-16-7-12-25(13-8-16)15(2)3)24-18-17-9-14-26-19(17)21(18)10-5-6-11-21/h15-19H,4-14H2,1-3H3,(H2,22,23,24). The summed E-state index contributed by atoms with van der Waals surface area (Å²) in [6.07, 6.45) is 9.56. The highest BCUT2D eigenvalue weighted by Crippen LogP contribution is 2.60. The maximum atomic E-state index is 6.14. The van der Waals surface area contributed by atoms with Gasteiger partial charge in [0.25, 0.3) is 0 Å². The Hall–Kier alpha value is -0.810. The summed E-state index contributed by atoms with van der Waals surface area (Å²) in [6, 6.07) is 1.78. The van der Waals surface area contributed by atoms with Crippen LogP contribution in [0.25, 0.3) is 0 Å². The number of likely N-dealkylation sites (tertiary alicyclic amines) is 1. The van der Waals surface area contributed by atoms with Gasteiger partial charge in [0.2, 0.25) is 0 Å². The van der Waals surface area contributed by atoms with Crippen LogP contribution in [0.1, 0.15) is 65.7 Å². The van der Waals surface area contributed by atoms with Crippen LogP contribution in [0.2, 0.25) is 0 Å². The maximum Gasteiger partial charge on any atom is 0.191 e. The van der Waals surface area contributed by atoms with Crippen molar-refractivity contribution in [2.75, 3.05) is 26.2 Å². The van der Waals surface area contributed by atoms with E-state index in [-0.39, 0.29) is 0 Å². The maximum absolute atomic E-state index is 6.14. The first-order chi connectivity index (χ1) is 12.6. The zero-order chi connectivity index (χ0) is 18.1. The molecule has 148 valence electrons. The zero-order valence-electron chi connectivity index (χ0n) is 17.0. The van der Waals surface area contributed by atoms with Gasteiger partial charge in [0, 0.05) is 55.7 Å². The van der Waals surface area contributed by atoms with Gasteiger partial charge in [-0.3, -0.25) is 4.99 Å². The first kappa shape index (κ1) is 18.5. The Balaban J connectivity index is 1.38. The number of guanidine groups is 1. The predicted octanol–water partition coefficient (Wildman–Crippen LogP) is 2.76. The lowest BCUT2D eigenvalue weighted by Crippen LogP contribution is -2.69. The molecule has 0 bridgehead atoms. The molecule has 4 aliphatic rings. The quantitative estimate of drug-likeness (QED) is 0.596. The van der Waals surface area contributed by atoms with Crippen molar-refractivity contribution in [2.45, 2.75) is 89.9 Å². The average Bonchev–Trinajstić information content (AvgIpc) is 3.29. The second kappa shape index (κ2) is 7.67. The normalized spacial score (nSPS) is 34.9. The summed E-state index contributed by atoms with van der Waals surface area (Å²) < 4.78 is 6.14. The third kappa shape index (κ3) is 3.26. The van der Waals surface area contributed by atoms with E-state index in [2.05, 4.69) is 36.3 Å². The van der Waals surface area contributed by atoms with Crippen LogP contribution >= 0.6 is 0 Å². The second-order valence-corrected chi connectivity index (χ2v) is 9.18. The number of aliphatic imine (C=N–C) groups is 1. The lowest BCUT2D eigenvalue weighted by molar-refractivity contribution is -0.125. The largest absolute Gasteiger partial charge is 0.377 e. The number of hydrogen-bond acceptors (Lipinski definition) is 3. The average molecular weight is 363 g/mol. The lowest BCUT2D eigenvalue weighted by Gasteiger charge is -2.57. The molecule has 3 atom stereocenters. The van der Waals surface area contributed by atoms with Crippen molar-refractivity contribution in [3.63, 3.8) is 0 Å². The van der Waals surface area contributed by atoms with Crippen LogP contribution in [0.3, 0.4) is 0 Å². The second-order valence-electron chi connectivity index (χ2n) is 9.18. The molecule has 0 radical (unpaired) electrons. The molecule has 4 fully saturated rings. The summed E-state index contributed by atoms with van der Waals surface area (Å²) in [4.78, 5) is 7.39. The van der Waals surface area contributed by atoms with Crippen LogP contribution in [0, 0.1) is 11.3 Å². The van der Waals surface area contributed by atoms with Crippen LogP contribution in [-0.2, 0) is 4.74 Å². The van der Waals surface area contributed by atoms with E-state index in [0.29, 0.717) is 35.6 Å². The number of piperidine rings is 1. The van der Waals surface area contributed by atoms with Gasteiger partial charge >= 0.3 is 0 Å². The first-order valence-electron chi connectivity index (χ1n) is 11.1. The Morgan fingerprint density at radius 1 is 1.15 bits per heavy atom. The van der Waals surface area contributed by atoms with E-state index < -0.39 is 0 Å². The number of rotatable bonds is 4. The molecule has 0 aromatic heterocycles. The van der Waals surface area contributed by atoms with Crippen LogP contribution in [0.4, 0.5) is 0 Å². The Labute approximate surface area is 159 Å². The number of ether oxygens (including phenoxy) is 1. The summed E-state index contributed by atoms with van der Waals surface area (Å²) in [6.45, 7) is 10.9. The lowest BCUT2D eigenvalue weighted by atomic mass is 9.54. The van der Waals surface area contributed by atoms with Crippen LogP contribution < -0.4 is 10.6 Å². The van der Waals surface area contributed by atoms with E-state index in [1.165, 1.54) is 58.0 Å². The molecule has 2 heterocycles. The van der Waals surface area contributed by atoms with Crippen molar-refractivity contribution in [1.29, 1.82) is 0 Å². The van der Waals surface area contributed by atoms with E-state index in [1.807, 2.05) is 0 Å². The van der Waals surface area contributed by atoms with Crippen LogP contribution in [-0.4, -0.2) is 61.3 Å². The summed E-state index contributed by atoms with van der Waals surface area (Å²) >= 11 is 0. The summed E-state index contributed by atoms with van der Waals surface area (Å²) in [5.41, 5.74) is 0.387. The molecule has 4 rings (SSSR count). The van der Waals surface area contributed by atoms with Gasteiger partial charge in [-0.1, -0.05) is 12.8 Å². The molecule has 2 N–H and O–H groups in total. The Morgan fingerprint density at radius 2 is 1.88 bits per heavy atom. The summed E-state index contributed by atoms with van der Waals surface area (Å²) in [5, 5.41) is 7.66. The van der Waals surface area contributed by atoms with Gasteiger partial charge in [0.05, 0.1) is 6.10 Å². The Bertz CT molecular complexity index is 506. The third-order valence-corrected chi connectivity index (χ3v) is 7.50. The van der Waals surface area contributed by atoms with Crippen molar-refractivity contribution < 1.29 is 4.74 Å². The Morgan fingerprint density at radius 3 is 2.54 bits per heavy atom. The van der Waals surface area contributed by atoms with Gasteiger partial charge in [-0.15, -0.1) is 0 Å². The third-order valence-electron chi connectivity index (χ3n) is 7.50. The summed E-state index contributed by atoms with van der Waals surface area (Å²) in [5.74, 6) is 1.75. The Kier molecular flexibility index (Phi) is 5.47. The van der Waals surface area contributed by atoms with E-state index in [4.69, 9.17) is 9.73 Å². The fraction of sp³-hybridized carbons (Fsp3) is 0.952. The predicted molar refractivity (Wildman–Crippen MR) is 107 cm³/mol. The van der Waals surface area contributed by atoms with Crippen molar-refractivity contribution in [1.82, 2.24) is 15.5 Å². The number of nitrogens with one attached hydrogen (secondary N) is 2. The van der Waals surface area contributed by atoms with Gasteiger partial charge < -0.3 is 20.3 Å². The topological polar surface area (TPSA) is 48.9 Å². The number of hydrogen-bond donors (Lipinski definition) is 2. The van der Waals surface area contributed by atoms with E-state index in [1.54, 1.807) is 0 Å². The molecular formula is C21H38N4O. The fourth-order valence-corrected chi connectivity index (χ4v) is 6.10. The van der Waals surface area contributed by atoms with Gasteiger partial charge in [0.1, 0.15) is 0 Å². The SMILES string of the molecule is CCN=C(NC1CCN(C(C)C)CC1)NC1C2CCOC2C12CCCC2. The van der Waals surface area contributed by atoms with Crippen molar-refractivity contribution in [2.24, 2.45) is 16.3 Å². The number of nitrogens with zero attached hydrogens (tertiary/aromatic N) is 2. The van der Waals surface area contributed by atoms with Gasteiger partial charge in [0.15, 0.2) is 5.96 Å². The highest BCUT2D eigenvalue weighted by atomic mass is 16.5. The van der Waals surface area contributed by atoms with Gasteiger partial charge in [-0.25, -0.2) is 0 Å². The molecule has 5 nitrogen and oxygen atoms in total. The molecule has 0 aromatic carbocycles. The van der Waals surface area contributed by atoms with Crippen molar-refractivity contribution in [3.8, 4) is 0 Å². The van der Waals surface area contributed by atoms with Crippen molar-refractivity contribution in [3.05, 3.63) is 0 Å². The highest BCUT2D eigenvalue weighted by molar-refractivity contribution is 5.80. The minimum Gasteiger partial charge on any atom is -0.377 e. The minimum atomic E-state index is 0.387.